The van der Waals surface area contributed by atoms with Gasteiger partial charge in [-0.15, -0.1) is 11.8 Å². The zero-order valence-electron chi connectivity index (χ0n) is 9.97. The highest BCUT2D eigenvalue weighted by molar-refractivity contribution is 7.98. The molecule has 0 unspecified atom stereocenters. The molecule has 94 valence electrons. The molecule has 18 heavy (non-hydrogen) atoms. The van der Waals surface area contributed by atoms with Gasteiger partial charge in [-0.05, 0) is 24.5 Å². The Balaban J connectivity index is 1.90. The molecule has 0 saturated carbocycles. The fourth-order valence-electron chi connectivity index (χ4n) is 1.49. The Morgan fingerprint density at radius 1 is 1.33 bits per heavy atom. The lowest BCUT2D eigenvalue weighted by Crippen LogP contribution is -2.28. The van der Waals surface area contributed by atoms with Crippen LogP contribution in [0.2, 0.25) is 0 Å². The van der Waals surface area contributed by atoms with Crippen molar-refractivity contribution >= 4 is 23.5 Å². The molecule has 1 aromatic heterocycles. The second-order valence-electron chi connectivity index (χ2n) is 3.64. The normalized spacial score (nSPS) is 10.1. The summed E-state index contributed by atoms with van der Waals surface area (Å²) in [6, 6.07) is 9.28. The molecule has 0 aliphatic rings. The molecule has 0 spiro atoms. The average Bonchev–Trinajstić information content (AvgIpc) is 2.90. The van der Waals surface area contributed by atoms with Gasteiger partial charge >= 0.3 is 6.03 Å². The van der Waals surface area contributed by atoms with Gasteiger partial charge in [-0.2, -0.15) is 0 Å². The monoisotopic (exact) mass is 262 g/mol. The first-order valence-corrected chi connectivity index (χ1v) is 6.71. The number of anilines is 1. The van der Waals surface area contributed by atoms with Crippen LogP contribution in [0, 0.1) is 0 Å². The van der Waals surface area contributed by atoms with E-state index >= 15 is 0 Å². The molecule has 2 aromatic rings. The van der Waals surface area contributed by atoms with Crippen molar-refractivity contribution in [2.24, 2.45) is 0 Å². The van der Waals surface area contributed by atoms with Crippen LogP contribution >= 0.6 is 11.8 Å². The van der Waals surface area contributed by atoms with Gasteiger partial charge < -0.3 is 15.1 Å². The Kier molecular flexibility index (Phi) is 4.30. The summed E-state index contributed by atoms with van der Waals surface area (Å²) in [5.41, 5.74) is 1.75. The number of hydrogen-bond donors (Lipinski definition) is 2. The Bertz CT molecular complexity index is 511. The van der Waals surface area contributed by atoms with Crippen LogP contribution < -0.4 is 10.6 Å². The molecule has 2 N–H and O–H groups in total. The van der Waals surface area contributed by atoms with Crippen molar-refractivity contribution in [2.75, 3.05) is 11.6 Å². The summed E-state index contributed by atoms with van der Waals surface area (Å²) < 4.78 is 4.93. The highest BCUT2D eigenvalue weighted by Crippen LogP contribution is 2.24. The quantitative estimate of drug-likeness (QED) is 0.831. The van der Waals surface area contributed by atoms with Gasteiger partial charge in [0.25, 0.3) is 0 Å². The second-order valence-corrected chi connectivity index (χ2v) is 4.49. The number of furan rings is 1. The molecule has 1 heterocycles. The van der Waals surface area contributed by atoms with Crippen LogP contribution in [0.5, 0.6) is 0 Å². The van der Waals surface area contributed by atoms with E-state index in [-0.39, 0.29) is 6.03 Å². The molecule has 1 aromatic carbocycles. The number of thioether (sulfide) groups is 1. The molecule has 0 radical (unpaired) electrons. The van der Waals surface area contributed by atoms with E-state index in [0.717, 1.165) is 16.1 Å². The highest BCUT2D eigenvalue weighted by atomic mass is 32.2. The predicted octanol–water partition coefficient (Wildman–Crippen LogP) is 3.32. The second kappa shape index (κ2) is 6.16. The number of carbonyl (C=O) groups excluding carboxylic acids is 1. The van der Waals surface area contributed by atoms with E-state index < -0.39 is 0 Å². The summed E-state index contributed by atoms with van der Waals surface area (Å²) in [7, 11) is 0. The zero-order valence-corrected chi connectivity index (χ0v) is 10.8. The maximum absolute atomic E-state index is 11.7. The molecule has 5 heteroatoms. The summed E-state index contributed by atoms with van der Waals surface area (Å²) >= 11 is 1.60. The Morgan fingerprint density at radius 2 is 2.17 bits per heavy atom. The van der Waals surface area contributed by atoms with Gasteiger partial charge in [0.15, 0.2) is 0 Å². The predicted molar refractivity (Wildman–Crippen MR) is 72.8 cm³/mol. The third kappa shape index (κ3) is 3.30. The van der Waals surface area contributed by atoms with Crippen LogP contribution in [-0.4, -0.2) is 12.3 Å². The van der Waals surface area contributed by atoms with Crippen molar-refractivity contribution in [1.29, 1.82) is 0 Å². The smallest absolute Gasteiger partial charge is 0.319 e. The minimum Gasteiger partial charge on any atom is -0.472 e. The van der Waals surface area contributed by atoms with Gasteiger partial charge in [0.2, 0.25) is 0 Å². The highest BCUT2D eigenvalue weighted by Gasteiger charge is 2.05. The summed E-state index contributed by atoms with van der Waals surface area (Å²) in [5.74, 6) is 0. The maximum Gasteiger partial charge on any atom is 0.319 e. The van der Waals surface area contributed by atoms with E-state index in [1.165, 1.54) is 0 Å². The van der Waals surface area contributed by atoms with E-state index in [4.69, 9.17) is 4.42 Å². The third-order valence-electron chi connectivity index (χ3n) is 2.39. The van der Waals surface area contributed by atoms with Crippen molar-refractivity contribution in [3.05, 3.63) is 48.4 Å². The van der Waals surface area contributed by atoms with E-state index in [1.807, 2.05) is 36.6 Å². The SMILES string of the molecule is CSc1ccccc1NC(=O)NCc1ccoc1. The molecule has 2 amide bonds. The standard InChI is InChI=1S/C13H14N2O2S/c1-18-12-5-3-2-4-11(12)15-13(16)14-8-10-6-7-17-9-10/h2-7,9H,8H2,1H3,(H2,14,15,16). The van der Waals surface area contributed by atoms with Crippen molar-refractivity contribution < 1.29 is 9.21 Å². The van der Waals surface area contributed by atoms with Crippen LogP contribution in [0.3, 0.4) is 0 Å². The Morgan fingerprint density at radius 3 is 2.89 bits per heavy atom. The summed E-state index contributed by atoms with van der Waals surface area (Å²) in [6.45, 7) is 0.448. The first-order valence-electron chi connectivity index (χ1n) is 5.48. The molecular weight excluding hydrogens is 248 g/mol. The average molecular weight is 262 g/mol. The van der Waals surface area contributed by atoms with Gasteiger partial charge in [0, 0.05) is 17.0 Å². The fourth-order valence-corrected chi connectivity index (χ4v) is 2.04. The first kappa shape index (κ1) is 12.6. The lowest BCUT2D eigenvalue weighted by atomic mass is 10.3. The summed E-state index contributed by atoms with van der Waals surface area (Å²) in [4.78, 5) is 12.8. The molecule has 0 bridgehead atoms. The lowest BCUT2D eigenvalue weighted by molar-refractivity contribution is 0.251. The number of rotatable bonds is 4. The van der Waals surface area contributed by atoms with Crippen LogP contribution in [0.1, 0.15) is 5.56 Å². The van der Waals surface area contributed by atoms with Crippen molar-refractivity contribution in [1.82, 2.24) is 5.32 Å². The minimum absolute atomic E-state index is 0.224. The number of para-hydroxylation sites is 1. The molecule has 0 atom stereocenters. The van der Waals surface area contributed by atoms with Crippen molar-refractivity contribution in [3.8, 4) is 0 Å². The third-order valence-corrected chi connectivity index (χ3v) is 3.18. The molecule has 0 aliphatic carbocycles. The zero-order chi connectivity index (χ0) is 12.8. The van der Waals surface area contributed by atoms with Crippen LogP contribution in [0.15, 0.2) is 52.2 Å². The van der Waals surface area contributed by atoms with Gasteiger partial charge in [-0.3, -0.25) is 0 Å². The number of carbonyl (C=O) groups is 1. The maximum atomic E-state index is 11.7. The van der Waals surface area contributed by atoms with Crippen molar-refractivity contribution in [2.45, 2.75) is 11.4 Å². The largest absolute Gasteiger partial charge is 0.472 e. The number of benzene rings is 1. The first-order chi connectivity index (χ1) is 8.79. The molecule has 0 aliphatic heterocycles. The topological polar surface area (TPSA) is 54.3 Å². The summed E-state index contributed by atoms with van der Waals surface area (Å²) in [6.07, 6.45) is 5.16. The molecule has 2 rings (SSSR count). The van der Waals surface area contributed by atoms with E-state index in [1.54, 1.807) is 24.3 Å². The number of amides is 2. The van der Waals surface area contributed by atoms with Gasteiger partial charge in [-0.1, -0.05) is 12.1 Å². The van der Waals surface area contributed by atoms with E-state index in [0.29, 0.717) is 6.54 Å². The molecule has 0 saturated heterocycles. The van der Waals surface area contributed by atoms with E-state index in [2.05, 4.69) is 10.6 Å². The number of urea groups is 1. The van der Waals surface area contributed by atoms with E-state index in [9.17, 15) is 4.79 Å². The molecular formula is C13H14N2O2S. The molecule has 4 nitrogen and oxygen atoms in total. The van der Waals surface area contributed by atoms with Crippen LogP contribution in [-0.2, 0) is 6.54 Å². The Hall–Kier alpha value is -1.88. The van der Waals surface area contributed by atoms with Crippen LogP contribution in [0.25, 0.3) is 0 Å². The Labute approximate surface area is 110 Å². The minimum atomic E-state index is -0.224. The van der Waals surface area contributed by atoms with Gasteiger partial charge in [-0.25, -0.2) is 4.79 Å². The van der Waals surface area contributed by atoms with Gasteiger partial charge in [0.1, 0.15) is 0 Å². The molecule has 0 fully saturated rings. The number of hydrogen-bond acceptors (Lipinski definition) is 3. The van der Waals surface area contributed by atoms with Gasteiger partial charge in [0.05, 0.1) is 18.2 Å². The van der Waals surface area contributed by atoms with Crippen molar-refractivity contribution in [3.63, 3.8) is 0 Å². The number of nitrogens with one attached hydrogen (secondary N) is 2. The fraction of sp³-hybridized carbons (Fsp3) is 0.154. The summed E-state index contributed by atoms with van der Waals surface area (Å²) in [5, 5.41) is 5.59. The van der Waals surface area contributed by atoms with Crippen LogP contribution in [0.4, 0.5) is 10.5 Å². The lowest BCUT2D eigenvalue weighted by Gasteiger charge is -2.09.